The topological polar surface area (TPSA) is 6.48 Å². The maximum absolute atomic E-state index is 2.55. The van der Waals surface area contributed by atoms with Crippen molar-refractivity contribution in [1.82, 2.24) is 9.80 Å². The Balaban J connectivity index is 3.50. The van der Waals surface area contributed by atoms with Crippen molar-refractivity contribution in [2.45, 2.75) is 58.1 Å². The van der Waals surface area contributed by atoms with E-state index in [2.05, 4.69) is 37.5 Å². The fourth-order valence-electron chi connectivity index (χ4n) is 2.55. The van der Waals surface area contributed by atoms with Gasteiger partial charge in [-0.3, -0.25) is 0 Å². The van der Waals surface area contributed by atoms with Crippen molar-refractivity contribution in [3.8, 4) is 0 Å². The zero-order chi connectivity index (χ0) is 13.8. The molecule has 0 saturated carbocycles. The molecule has 0 saturated heterocycles. The van der Waals surface area contributed by atoms with Crippen LogP contribution < -0.4 is 0 Å². The maximum atomic E-state index is 2.55. The van der Waals surface area contributed by atoms with E-state index in [1.165, 1.54) is 65.0 Å². The molecular formula is C15H36GeN2. The third kappa shape index (κ3) is 9.40. The second-order valence-electron chi connectivity index (χ2n) is 5.44. The first-order valence-corrected chi connectivity index (χ1v) is 10.5. The van der Waals surface area contributed by atoms with Gasteiger partial charge in [0.1, 0.15) is 0 Å². The van der Waals surface area contributed by atoms with Crippen molar-refractivity contribution in [2.24, 2.45) is 0 Å². The van der Waals surface area contributed by atoms with E-state index >= 15 is 0 Å². The van der Waals surface area contributed by atoms with Gasteiger partial charge in [-0.1, -0.05) is 0 Å². The van der Waals surface area contributed by atoms with Crippen LogP contribution in [0.2, 0.25) is 4.75 Å². The molecule has 0 spiro atoms. The Hall–Kier alpha value is 0.463. The summed E-state index contributed by atoms with van der Waals surface area (Å²) in [6.07, 6.45) is 5.79. The van der Waals surface area contributed by atoms with E-state index in [-0.39, 0.29) is 0 Å². The Kier molecular flexibility index (Phi) is 12.8. The molecular weight excluding hydrogens is 281 g/mol. The van der Waals surface area contributed by atoms with Crippen molar-refractivity contribution in [1.29, 1.82) is 0 Å². The molecule has 0 aromatic rings. The van der Waals surface area contributed by atoms with Gasteiger partial charge in [0, 0.05) is 0 Å². The predicted molar refractivity (Wildman–Crippen MR) is 87.7 cm³/mol. The molecule has 18 heavy (non-hydrogen) atoms. The van der Waals surface area contributed by atoms with Crippen LogP contribution >= 0.6 is 0 Å². The Morgan fingerprint density at radius 1 is 0.722 bits per heavy atom. The van der Waals surface area contributed by atoms with E-state index in [4.69, 9.17) is 0 Å². The fraction of sp³-hybridized carbons (Fsp3) is 1.00. The Labute approximate surface area is 124 Å². The summed E-state index contributed by atoms with van der Waals surface area (Å²) < 4.78 is 1.09. The average Bonchev–Trinajstić information content (AvgIpc) is 2.40. The van der Waals surface area contributed by atoms with Crippen LogP contribution in [-0.4, -0.2) is 65.6 Å². The quantitative estimate of drug-likeness (QED) is 0.510. The van der Waals surface area contributed by atoms with E-state index < -0.39 is 0 Å². The molecule has 0 N–H and O–H groups in total. The van der Waals surface area contributed by atoms with Crippen LogP contribution in [0.25, 0.3) is 0 Å². The second kappa shape index (κ2) is 12.5. The average molecular weight is 317 g/mol. The van der Waals surface area contributed by atoms with E-state index in [9.17, 15) is 0 Å². The minimum atomic E-state index is 1.01. The molecule has 0 aromatic carbocycles. The fourth-order valence-corrected chi connectivity index (χ4v) is 4.26. The Morgan fingerprint density at radius 2 is 1.06 bits per heavy atom. The summed E-state index contributed by atoms with van der Waals surface area (Å²) in [5.41, 5.74) is 0. The Bertz CT molecular complexity index is 150. The predicted octanol–water partition coefficient (Wildman–Crippen LogP) is 2.38. The summed E-state index contributed by atoms with van der Waals surface area (Å²) in [7, 11) is 0. The molecule has 0 aliphatic carbocycles. The van der Waals surface area contributed by atoms with Gasteiger partial charge in [-0.15, -0.1) is 0 Å². The molecule has 0 aliphatic rings. The van der Waals surface area contributed by atoms with Gasteiger partial charge in [0.25, 0.3) is 0 Å². The molecule has 0 unspecified atom stereocenters. The summed E-state index contributed by atoms with van der Waals surface area (Å²) in [6.45, 7) is 16.6. The molecule has 0 aliphatic heterocycles. The molecule has 0 aromatic heterocycles. The summed E-state index contributed by atoms with van der Waals surface area (Å²) in [4.78, 5) is 5.10. The van der Waals surface area contributed by atoms with Crippen LogP contribution in [0, 0.1) is 0 Å². The van der Waals surface area contributed by atoms with Crippen LogP contribution in [0.4, 0.5) is 0 Å². The van der Waals surface area contributed by atoms with Crippen molar-refractivity contribution < 1.29 is 0 Å². The number of nitrogens with zero attached hydrogens (tertiary/aromatic N) is 2. The Morgan fingerprint density at radius 3 is 1.33 bits per heavy atom. The van der Waals surface area contributed by atoms with Crippen molar-refractivity contribution in [3.05, 3.63) is 0 Å². The summed E-state index contributed by atoms with van der Waals surface area (Å²) in [6, 6.07) is 0. The standard InChI is InChI=1S/C15H36GeN2/c1-5-17(6-2)13-9-11-15(16)12-10-14-18(7-3)8-4/h15H,5-14H2,1-4,16H3. The first kappa shape index (κ1) is 18.5. The molecule has 0 radical (unpaired) electrons. The molecule has 0 fully saturated rings. The number of hydrogen-bond acceptors (Lipinski definition) is 2. The van der Waals surface area contributed by atoms with Gasteiger partial charge in [0.15, 0.2) is 0 Å². The van der Waals surface area contributed by atoms with E-state index in [1.54, 1.807) is 0 Å². The first-order chi connectivity index (χ1) is 8.67. The van der Waals surface area contributed by atoms with Gasteiger partial charge in [-0.25, -0.2) is 0 Å². The van der Waals surface area contributed by atoms with E-state index in [0.29, 0.717) is 0 Å². The first-order valence-electron chi connectivity index (χ1n) is 8.12. The van der Waals surface area contributed by atoms with Gasteiger partial charge < -0.3 is 0 Å². The third-order valence-corrected chi connectivity index (χ3v) is 6.55. The van der Waals surface area contributed by atoms with Crippen molar-refractivity contribution in [3.63, 3.8) is 0 Å². The number of hydrogen-bond donors (Lipinski definition) is 0. The molecule has 0 atom stereocenters. The van der Waals surface area contributed by atoms with Crippen LogP contribution in [0.5, 0.6) is 0 Å². The van der Waals surface area contributed by atoms with Gasteiger partial charge in [0.2, 0.25) is 0 Å². The molecule has 3 heteroatoms. The summed E-state index contributed by atoms with van der Waals surface area (Å²) in [5, 5.41) is 0. The zero-order valence-electron chi connectivity index (χ0n) is 13.5. The summed E-state index contributed by atoms with van der Waals surface area (Å²) in [5.74, 6) is 0. The van der Waals surface area contributed by atoms with Gasteiger partial charge >= 0.3 is 124 Å². The van der Waals surface area contributed by atoms with Crippen LogP contribution in [0.1, 0.15) is 53.4 Å². The van der Waals surface area contributed by atoms with Crippen LogP contribution in [-0.2, 0) is 0 Å². The van der Waals surface area contributed by atoms with Crippen molar-refractivity contribution in [2.75, 3.05) is 39.3 Å². The molecule has 0 amide bonds. The molecule has 0 heterocycles. The normalized spacial score (nSPS) is 12.2. The van der Waals surface area contributed by atoms with Gasteiger partial charge in [-0.05, 0) is 0 Å². The number of rotatable bonds is 12. The van der Waals surface area contributed by atoms with Crippen LogP contribution in [0.3, 0.4) is 0 Å². The van der Waals surface area contributed by atoms with E-state index in [0.717, 1.165) is 21.3 Å². The zero-order valence-corrected chi connectivity index (χ0v) is 17.7. The SMILES string of the molecule is CCN(CC)CCC[CH]([GeH3])CCCN(CC)CC. The minimum absolute atomic E-state index is 1.01. The molecule has 0 bridgehead atoms. The molecule has 0 rings (SSSR count). The van der Waals surface area contributed by atoms with E-state index in [1.807, 2.05) is 0 Å². The van der Waals surface area contributed by atoms with Gasteiger partial charge in [-0.2, -0.15) is 0 Å². The monoisotopic (exact) mass is 318 g/mol. The third-order valence-electron chi connectivity index (χ3n) is 4.13. The second-order valence-corrected chi connectivity index (χ2v) is 8.87. The molecule has 2 nitrogen and oxygen atoms in total. The van der Waals surface area contributed by atoms with Gasteiger partial charge in [0.05, 0.1) is 0 Å². The van der Waals surface area contributed by atoms with Crippen LogP contribution in [0.15, 0.2) is 0 Å². The van der Waals surface area contributed by atoms with Crippen molar-refractivity contribution >= 4 is 16.5 Å². The summed E-state index contributed by atoms with van der Waals surface area (Å²) >= 11 is 1.01. The molecule has 110 valence electrons.